The molecule has 0 aliphatic rings. The predicted octanol–water partition coefficient (Wildman–Crippen LogP) is 3.53. The Hall–Kier alpha value is -1.13. The topological polar surface area (TPSA) is 29.0 Å². The second kappa shape index (κ2) is 5.47. The number of benzene rings is 1. The molecule has 1 aromatic carbocycles. The SMILES string of the molecule is CN(Cc1ccccc1Cl)c1ncncc1Br. The summed E-state index contributed by atoms with van der Waals surface area (Å²) < 4.78 is 0.870. The number of hydrogen-bond donors (Lipinski definition) is 0. The van der Waals surface area contributed by atoms with Crippen LogP contribution in [0.25, 0.3) is 0 Å². The maximum atomic E-state index is 6.12. The number of rotatable bonds is 3. The van der Waals surface area contributed by atoms with Gasteiger partial charge in [0.25, 0.3) is 0 Å². The third-order valence-electron chi connectivity index (χ3n) is 2.38. The Morgan fingerprint density at radius 3 is 2.82 bits per heavy atom. The van der Waals surface area contributed by atoms with Crippen molar-refractivity contribution in [3.63, 3.8) is 0 Å². The molecule has 0 saturated heterocycles. The summed E-state index contributed by atoms with van der Waals surface area (Å²) in [7, 11) is 1.97. The fraction of sp³-hybridized carbons (Fsp3) is 0.167. The molecule has 88 valence electrons. The number of aromatic nitrogens is 2. The van der Waals surface area contributed by atoms with Crippen molar-refractivity contribution in [3.8, 4) is 0 Å². The van der Waals surface area contributed by atoms with Crippen LogP contribution in [0.15, 0.2) is 41.3 Å². The van der Waals surface area contributed by atoms with Crippen molar-refractivity contribution in [1.29, 1.82) is 0 Å². The summed E-state index contributed by atoms with van der Waals surface area (Å²) >= 11 is 9.55. The third-order valence-corrected chi connectivity index (χ3v) is 3.30. The van der Waals surface area contributed by atoms with Gasteiger partial charge in [-0.2, -0.15) is 0 Å². The second-order valence-corrected chi connectivity index (χ2v) is 4.90. The smallest absolute Gasteiger partial charge is 0.146 e. The molecule has 0 N–H and O–H groups in total. The predicted molar refractivity (Wildman–Crippen MR) is 73.3 cm³/mol. The Balaban J connectivity index is 2.20. The minimum atomic E-state index is 0.704. The van der Waals surface area contributed by atoms with Crippen LogP contribution >= 0.6 is 27.5 Å². The van der Waals surface area contributed by atoms with Crippen molar-refractivity contribution in [1.82, 2.24) is 9.97 Å². The van der Waals surface area contributed by atoms with E-state index in [-0.39, 0.29) is 0 Å². The van der Waals surface area contributed by atoms with Crippen molar-refractivity contribution in [2.45, 2.75) is 6.54 Å². The van der Waals surface area contributed by atoms with Crippen molar-refractivity contribution in [3.05, 3.63) is 51.8 Å². The Kier molecular flexibility index (Phi) is 3.97. The average molecular weight is 313 g/mol. The monoisotopic (exact) mass is 311 g/mol. The van der Waals surface area contributed by atoms with Gasteiger partial charge in [-0.05, 0) is 27.6 Å². The fourth-order valence-corrected chi connectivity index (χ4v) is 2.26. The molecule has 0 atom stereocenters. The lowest BCUT2D eigenvalue weighted by molar-refractivity contribution is 0.886. The normalized spacial score (nSPS) is 10.3. The van der Waals surface area contributed by atoms with Gasteiger partial charge in [0, 0.05) is 24.8 Å². The highest BCUT2D eigenvalue weighted by Gasteiger charge is 2.09. The van der Waals surface area contributed by atoms with Gasteiger partial charge in [0.05, 0.1) is 4.47 Å². The largest absolute Gasteiger partial charge is 0.354 e. The molecule has 3 nitrogen and oxygen atoms in total. The summed E-state index contributed by atoms with van der Waals surface area (Å²) in [6, 6.07) is 7.80. The van der Waals surface area contributed by atoms with Crippen LogP contribution in [0.4, 0.5) is 5.82 Å². The molecule has 17 heavy (non-hydrogen) atoms. The standard InChI is InChI=1S/C12H11BrClN3/c1-17(12-10(13)6-15-8-16-12)7-9-4-2-3-5-11(9)14/h2-6,8H,7H2,1H3. The lowest BCUT2D eigenvalue weighted by Crippen LogP contribution is -2.18. The first-order valence-corrected chi connectivity index (χ1v) is 6.25. The van der Waals surface area contributed by atoms with Crippen molar-refractivity contribution >= 4 is 33.3 Å². The van der Waals surface area contributed by atoms with Crippen LogP contribution in [0.1, 0.15) is 5.56 Å². The van der Waals surface area contributed by atoms with Gasteiger partial charge in [-0.1, -0.05) is 29.8 Å². The molecule has 0 radical (unpaired) electrons. The van der Waals surface area contributed by atoms with Crippen LogP contribution in [-0.2, 0) is 6.54 Å². The third kappa shape index (κ3) is 2.96. The maximum absolute atomic E-state index is 6.12. The fourth-order valence-electron chi connectivity index (χ4n) is 1.54. The molecule has 0 bridgehead atoms. The molecule has 0 saturated carbocycles. The minimum Gasteiger partial charge on any atom is -0.354 e. The van der Waals surface area contributed by atoms with Crippen LogP contribution in [0.2, 0.25) is 5.02 Å². The van der Waals surface area contributed by atoms with E-state index in [1.165, 1.54) is 6.33 Å². The van der Waals surface area contributed by atoms with Crippen LogP contribution in [0.3, 0.4) is 0 Å². The number of anilines is 1. The Morgan fingerprint density at radius 2 is 2.12 bits per heavy atom. The molecule has 0 aliphatic heterocycles. The molecule has 0 fully saturated rings. The van der Waals surface area contributed by atoms with Gasteiger partial charge < -0.3 is 4.90 Å². The Labute approximate surface area is 114 Å². The summed E-state index contributed by atoms with van der Waals surface area (Å²) in [5.41, 5.74) is 1.07. The summed E-state index contributed by atoms with van der Waals surface area (Å²) in [5, 5.41) is 0.768. The van der Waals surface area contributed by atoms with E-state index >= 15 is 0 Å². The zero-order chi connectivity index (χ0) is 12.3. The molecular formula is C12H11BrClN3. The molecule has 0 aliphatic carbocycles. The van der Waals surface area contributed by atoms with Gasteiger partial charge in [-0.15, -0.1) is 0 Å². The van der Waals surface area contributed by atoms with E-state index in [2.05, 4.69) is 25.9 Å². The molecule has 2 aromatic rings. The first-order valence-electron chi connectivity index (χ1n) is 5.08. The van der Waals surface area contributed by atoms with Gasteiger partial charge in [0.1, 0.15) is 12.1 Å². The highest BCUT2D eigenvalue weighted by atomic mass is 79.9. The molecule has 0 amide bonds. The number of nitrogens with zero attached hydrogens (tertiary/aromatic N) is 3. The zero-order valence-electron chi connectivity index (χ0n) is 9.27. The van der Waals surface area contributed by atoms with Gasteiger partial charge >= 0.3 is 0 Å². The zero-order valence-corrected chi connectivity index (χ0v) is 11.6. The number of hydrogen-bond acceptors (Lipinski definition) is 3. The summed E-state index contributed by atoms with van der Waals surface area (Å²) in [6.45, 7) is 0.704. The summed E-state index contributed by atoms with van der Waals surface area (Å²) in [5.74, 6) is 0.847. The quantitative estimate of drug-likeness (QED) is 0.868. The van der Waals surface area contributed by atoms with Crippen molar-refractivity contribution in [2.24, 2.45) is 0 Å². The lowest BCUT2D eigenvalue weighted by atomic mass is 10.2. The van der Waals surface area contributed by atoms with Gasteiger partial charge in [0.15, 0.2) is 0 Å². The van der Waals surface area contributed by atoms with E-state index < -0.39 is 0 Å². The minimum absolute atomic E-state index is 0.704. The maximum Gasteiger partial charge on any atom is 0.146 e. The van der Waals surface area contributed by atoms with E-state index in [0.717, 1.165) is 20.9 Å². The van der Waals surface area contributed by atoms with Crippen LogP contribution in [0, 0.1) is 0 Å². The van der Waals surface area contributed by atoms with Crippen molar-refractivity contribution in [2.75, 3.05) is 11.9 Å². The Bertz CT molecular complexity index is 519. The van der Waals surface area contributed by atoms with Crippen LogP contribution < -0.4 is 4.90 Å². The van der Waals surface area contributed by atoms with E-state index in [9.17, 15) is 0 Å². The molecule has 2 rings (SSSR count). The lowest BCUT2D eigenvalue weighted by Gasteiger charge is -2.19. The van der Waals surface area contributed by atoms with Crippen molar-refractivity contribution < 1.29 is 0 Å². The molecule has 1 heterocycles. The summed E-state index contributed by atoms with van der Waals surface area (Å²) in [6.07, 6.45) is 3.26. The average Bonchev–Trinajstić information content (AvgIpc) is 2.32. The summed E-state index contributed by atoms with van der Waals surface area (Å²) in [4.78, 5) is 10.2. The van der Waals surface area contributed by atoms with E-state index in [1.807, 2.05) is 36.2 Å². The molecular weight excluding hydrogens is 302 g/mol. The van der Waals surface area contributed by atoms with Crippen LogP contribution in [0.5, 0.6) is 0 Å². The van der Waals surface area contributed by atoms with E-state index in [4.69, 9.17) is 11.6 Å². The first kappa shape index (κ1) is 12.3. The van der Waals surface area contributed by atoms with E-state index in [0.29, 0.717) is 6.54 Å². The molecule has 1 aromatic heterocycles. The van der Waals surface area contributed by atoms with Gasteiger partial charge in [-0.25, -0.2) is 9.97 Å². The highest BCUT2D eigenvalue weighted by Crippen LogP contribution is 2.24. The molecule has 5 heteroatoms. The van der Waals surface area contributed by atoms with Gasteiger partial charge in [0.2, 0.25) is 0 Å². The molecule has 0 spiro atoms. The number of halogens is 2. The van der Waals surface area contributed by atoms with Crippen LogP contribution in [-0.4, -0.2) is 17.0 Å². The van der Waals surface area contributed by atoms with Gasteiger partial charge in [-0.3, -0.25) is 0 Å². The first-order chi connectivity index (χ1) is 8.18. The second-order valence-electron chi connectivity index (χ2n) is 3.64. The molecule has 0 unspecified atom stereocenters. The highest BCUT2D eigenvalue weighted by molar-refractivity contribution is 9.10. The van der Waals surface area contributed by atoms with E-state index in [1.54, 1.807) is 6.20 Å². The Morgan fingerprint density at radius 1 is 1.35 bits per heavy atom.